The van der Waals surface area contributed by atoms with E-state index in [9.17, 15) is 53.4 Å². The Balaban J connectivity index is 3.64. The van der Waals surface area contributed by atoms with Crippen LogP contribution in [-0.2, 0) is 43.2 Å². The van der Waals surface area contributed by atoms with E-state index in [1.807, 2.05) is 0 Å². The van der Waals surface area contributed by atoms with Crippen LogP contribution in [0.15, 0.2) is 0 Å². The lowest BCUT2D eigenvalue weighted by atomic mass is 10.0. The van der Waals surface area contributed by atoms with E-state index in [1.54, 1.807) is 13.8 Å². The van der Waals surface area contributed by atoms with Gasteiger partial charge in [-0.15, -0.1) is 0 Å². The first-order valence-electron chi connectivity index (χ1n) is 14.8. The van der Waals surface area contributed by atoms with E-state index in [2.05, 4.69) is 62.5 Å². The Labute approximate surface area is 286 Å². The molecule has 10 N–H and O–H groups in total. The SMILES string of the molecule is CC(C)[C@@H]1NC(=O)[C@H](CS)NC(=O)[C@H](CS)NC(=O)[C@H]([C@@H](C)O)NC(=O)[C@H](CCC(=O)O)NC(=O)[C@H](C)NC(=O)[C@H](CC(=O)O)NC1=O. The molecule has 1 saturated heterocycles. The molecule has 0 radical (unpaired) electrons. The number of rotatable bonds is 9. The average molecular weight is 722 g/mol. The molecule has 1 heterocycles. The van der Waals surface area contributed by atoms with Crippen molar-refractivity contribution in [2.45, 2.75) is 95.4 Å². The van der Waals surface area contributed by atoms with Crippen molar-refractivity contribution in [3.05, 3.63) is 0 Å². The van der Waals surface area contributed by atoms with Crippen LogP contribution in [0.4, 0.5) is 0 Å². The van der Waals surface area contributed by atoms with Crippen LogP contribution in [0.1, 0.15) is 47.0 Å². The van der Waals surface area contributed by atoms with Crippen LogP contribution in [0.25, 0.3) is 0 Å². The van der Waals surface area contributed by atoms with Crippen molar-refractivity contribution in [3.63, 3.8) is 0 Å². The first kappa shape index (κ1) is 41.9. The van der Waals surface area contributed by atoms with E-state index in [-0.39, 0.29) is 11.5 Å². The summed E-state index contributed by atoms with van der Waals surface area (Å²) in [4.78, 5) is 115. The number of carboxylic acids is 2. The molecule has 8 atom stereocenters. The zero-order chi connectivity index (χ0) is 36.9. The van der Waals surface area contributed by atoms with Crippen molar-refractivity contribution >= 4 is 78.5 Å². The van der Waals surface area contributed by atoms with Gasteiger partial charge in [0.2, 0.25) is 41.4 Å². The number of carbonyl (C=O) groups excluding carboxylic acids is 7. The molecule has 1 aliphatic heterocycles. The molecule has 48 heavy (non-hydrogen) atoms. The molecule has 0 bridgehead atoms. The van der Waals surface area contributed by atoms with Crippen LogP contribution in [0.2, 0.25) is 0 Å². The Morgan fingerprint density at radius 3 is 1.50 bits per heavy atom. The molecule has 0 saturated carbocycles. The van der Waals surface area contributed by atoms with Crippen LogP contribution in [0.5, 0.6) is 0 Å². The van der Waals surface area contributed by atoms with Gasteiger partial charge in [0.25, 0.3) is 0 Å². The molecule has 0 aromatic carbocycles. The molecule has 1 rings (SSSR count). The van der Waals surface area contributed by atoms with Crippen LogP contribution < -0.4 is 37.2 Å². The Morgan fingerprint density at radius 2 is 1.02 bits per heavy atom. The van der Waals surface area contributed by atoms with Gasteiger partial charge < -0.3 is 52.5 Å². The number of hydrogen-bond donors (Lipinski definition) is 12. The lowest BCUT2D eigenvalue weighted by Crippen LogP contribution is -2.62. The first-order chi connectivity index (χ1) is 22.3. The van der Waals surface area contributed by atoms with Crippen molar-refractivity contribution in [1.82, 2.24) is 37.2 Å². The van der Waals surface area contributed by atoms with E-state index in [0.717, 1.165) is 13.8 Å². The summed E-state index contributed by atoms with van der Waals surface area (Å²) in [7, 11) is 0. The second-order valence-electron chi connectivity index (χ2n) is 11.3. The minimum absolute atomic E-state index is 0.287. The molecule has 0 spiro atoms. The minimum atomic E-state index is -1.75. The van der Waals surface area contributed by atoms with Gasteiger partial charge in [-0.1, -0.05) is 13.8 Å². The molecule has 21 heteroatoms. The van der Waals surface area contributed by atoms with Crippen LogP contribution >= 0.6 is 25.3 Å². The van der Waals surface area contributed by atoms with Crippen molar-refractivity contribution in [2.75, 3.05) is 11.5 Å². The second kappa shape index (κ2) is 19.6. The van der Waals surface area contributed by atoms with E-state index >= 15 is 0 Å². The number of aliphatic carboxylic acids is 2. The summed E-state index contributed by atoms with van der Waals surface area (Å²) in [5.74, 6) is -11.2. The van der Waals surface area contributed by atoms with E-state index in [1.165, 1.54) is 0 Å². The van der Waals surface area contributed by atoms with Gasteiger partial charge in [0.1, 0.15) is 42.3 Å². The summed E-state index contributed by atoms with van der Waals surface area (Å²) in [6.07, 6.45) is -3.64. The summed E-state index contributed by atoms with van der Waals surface area (Å²) < 4.78 is 0. The van der Waals surface area contributed by atoms with Gasteiger partial charge in [0.05, 0.1) is 12.5 Å². The molecule has 0 aromatic heterocycles. The van der Waals surface area contributed by atoms with Crippen molar-refractivity contribution in [2.24, 2.45) is 5.92 Å². The van der Waals surface area contributed by atoms with Crippen LogP contribution in [0, 0.1) is 5.92 Å². The smallest absolute Gasteiger partial charge is 0.305 e. The number of carbonyl (C=O) groups is 9. The highest BCUT2D eigenvalue weighted by Gasteiger charge is 2.36. The third kappa shape index (κ3) is 13.2. The monoisotopic (exact) mass is 721 g/mol. The molecular weight excluding hydrogens is 678 g/mol. The topological polar surface area (TPSA) is 299 Å². The largest absolute Gasteiger partial charge is 0.481 e. The Bertz CT molecular complexity index is 1250. The lowest BCUT2D eigenvalue weighted by Gasteiger charge is -2.28. The molecule has 0 aromatic rings. The van der Waals surface area contributed by atoms with Crippen molar-refractivity contribution < 1.29 is 58.5 Å². The number of amides is 7. The standard InChI is InChI=1S/C27H43N7O12S2/c1-10(2)19-26(45)30-14(7-18(38)39)23(42)28-11(3)21(40)29-13(5-6-17(36)37)22(41)34-20(12(4)35)27(46)32-15(8-47)24(43)31-16(9-48)25(44)33-19/h10-16,19-20,35,47-48H,5-9H2,1-4H3,(H,28,42)(H,29,40)(H,30,45)(H,31,43)(H,32,46)(H,33,44)(H,34,41)(H,36,37)(H,38,39)/t11-,12+,13-,14-,15-,16-,19-,20-/m0/s1. The molecule has 270 valence electrons. The maximum atomic E-state index is 13.2. The number of carboxylic acid groups (broad SMARTS) is 2. The molecule has 19 nitrogen and oxygen atoms in total. The zero-order valence-electron chi connectivity index (χ0n) is 26.6. The van der Waals surface area contributed by atoms with Gasteiger partial charge >= 0.3 is 11.9 Å². The number of hydrogen-bond acceptors (Lipinski definition) is 12. The Kier molecular flexibility index (Phi) is 17.2. The Morgan fingerprint density at radius 1 is 0.604 bits per heavy atom. The minimum Gasteiger partial charge on any atom is -0.481 e. The van der Waals surface area contributed by atoms with E-state index in [4.69, 9.17) is 5.11 Å². The van der Waals surface area contributed by atoms with Gasteiger partial charge in [-0.2, -0.15) is 25.3 Å². The third-order valence-electron chi connectivity index (χ3n) is 6.98. The summed E-state index contributed by atoms with van der Waals surface area (Å²) in [5.41, 5.74) is 0. The molecular formula is C27H43N7O12S2. The summed E-state index contributed by atoms with van der Waals surface area (Å²) in [6, 6.07) is -10.7. The number of thiol groups is 2. The highest BCUT2D eigenvalue weighted by atomic mass is 32.1. The summed E-state index contributed by atoms with van der Waals surface area (Å²) >= 11 is 8.14. The quantitative estimate of drug-likeness (QED) is 0.101. The highest BCUT2D eigenvalue weighted by Crippen LogP contribution is 2.07. The fourth-order valence-electron chi connectivity index (χ4n) is 4.23. The maximum absolute atomic E-state index is 13.2. The molecule has 0 aliphatic carbocycles. The van der Waals surface area contributed by atoms with E-state index in [0.29, 0.717) is 0 Å². The molecule has 1 fully saturated rings. The van der Waals surface area contributed by atoms with E-state index < -0.39 is 127 Å². The van der Waals surface area contributed by atoms with Gasteiger partial charge in [0.15, 0.2) is 0 Å². The molecule has 7 amide bonds. The first-order valence-corrected chi connectivity index (χ1v) is 16.0. The fraction of sp³-hybridized carbons (Fsp3) is 0.667. The zero-order valence-corrected chi connectivity index (χ0v) is 28.4. The van der Waals surface area contributed by atoms with Crippen LogP contribution in [0.3, 0.4) is 0 Å². The maximum Gasteiger partial charge on any atom is 0.305 e. The van der Waals surface area contributed by atoms with Crippen molar-refractivity contribution in [1.29, 1.82) is 0 Å². The number of aliphatic hydroxyl groups is 1. The predicted molar refractivity (Wildman–Crippen MR) is 173 cm³/mol. The van der Waals surface area contributed by atoms with Gasteiger partial charge in [-0.25, -0.2) is 0 Å². The second-order valence-corrected chi connectivity index (χ2v) is 12.1. The van der Waals surface area contributed by atoms with Gasteiger partial charge in [-0.05, 0) is 26.2 Å². The molecule has 1 aliphatic rings. The van der Waals surface area contributed by atoms with Gasteiger partial charge in [0, 0.05) is 17.9 Å². The summed E-state index contributed by atoms with van der Waals surface area (Å²) in [6.45, 7) is 5.39. The van der Waals surface area contributed by atoms with Gasteiger partial charge in [-0.3, -0.25) is 43.2 Å². The fourth-order valence-corrected chi connectivity index (χ4v) is 4.74. The normalized spacial score (nSPS) is 27.9. The number of aliphatic hydroxyl groups excluding tert-OH is 1. The predicted octanol–water partition coefficient (Wildman–Crippen LogP) is -4.35. The average Bonchev–Trinajstić information content (AvgIpc) is 2.99. The highest BCUT2D eigenvalue weighted by molar-refractivity contribution is 7.80. The van der Waals surface area contributed by atoms with Crippen LogP contribution in [-0.4, -0.2) is 129 Å². The summed E-state index contributed by atoms with van der Waals surface area (Å²) in [5, 5.41) is 44.9. The molecule has 0 unspecified atom stereocenters. The third-order valence-corrected chi connectivity index (χ3v) is 7.71. The lowest BCUT2D eigenvalue weighted by molar-refractivity contribution is -0.142. The van der Waals surface area contributed by atoms with Crippen molar-refractivity contribution in [3.8, 4) is 0 Å². The Hall–Kier alpha value is -4.11. The number of nitrogens with one attached hydrogen (secondary N) is 7.